The molecule has 1 fully saturated rings. The van der Waals surface area contributed by atoms with Gasteiger partial charge >= 0.3 is 5.69 Å². The SMILES string of the molecule is Cn1c(=O)cc(N2CC[NH+](C)CC2)[nH]c1=O. The van der Waals surface area contributed by atoms with Gasteiger partial charge in [0.05, 0.1) is 33.2 Å². The highest BCUT2D eigenvalue weighted by molar-refractivity contribution is 5.36. The number of nitrogens with zero attached hydrogens (tertiary/aromatic N) is 2. The molecule has 6 nitrogen and oxygen atoms in total. The van der Waals surface area contributed by atoms with Crippen LogP contribution in [0.3, 0.4) is 0 Å². The lowest BCUT2D eigenvalue weighted by Gasteiger charge is -2.31. The molecule has 0 atom stereocenters. The summed E-state index contributed by atoms with van der Waals surface area (Å²) in [7, 11) is 3.61. The quantitative estimate of drug-likeness (QED) is 0.551. The highest BCUT2D eigenvalue weighted by atomic mass is 16.2. The van der Waals surface area contributed by atoms with Crippen LogP contribution >= 0.6 is 0 Å². The molecule has 0 aromatic carbocycles. The molecule has 16 heavy (non-hydrogen) atoms. The van der Waals surface area contributed by atoms with E-state index in [1.165, 1.54) is 18.0 Å². The van der Waals surface area contributed by atoms with Crippen molar-refractivity contribution in [2.45, 2.75) is 0 Å². The summed E-state index contributed by atoms with van der Waals surface area (Å²) >= 11 is 0. The Hall–Kier alpha value is -1.56. The van der Waals surface area contributed by atoms with Crippen LogP contribution in [0.15, 0.2) is 15.7 Å². The first kappa shape index (κ1) is 10.9. The van der Waals surface area contributed by atoms with E-state index in [9.17, 15) is 9.59 Å². The lowest BCUT2D eigenvalue weighted by molar-refractivity contribution is -0.880. The Kier molecular flexibility index (Phi) is 2.82. The van der Waals surface area contributed by atoms with Crippen LogP contribution in [0.25, 0.3) is 0 Å². The average Bonchev–Trinajstić information content (AvgIpc) is 2.26. The van der Waals surface area contributed by atoms with Gasteiger partial charge in [0.25, 0.3) is 5.56 Å². The third-order valence-corrected chi connectivity index (χ3v) is 3.09. The predicted molar refractivity (Wildman–Crippen MR) is 61.1 cm³/mol. The van der Waals surface area contributed by atoms with Crippen LogP contribution in [0.2, 0.25) is 0 Å². The summed E-state index contributed by atoms with van der Waals surface area (Å²) in [6, 6.07) is 1.49. The monoisotopic (exact) mass is 225 g/mol. The Morgan fingerprint density at radius 3 is 2.50 bits per heavy atom. The van der Waals surface area contributed by atoms with E-state index >= 15 is 0 Å². The number of likely N-dealkylation sites (N-methyl/N-ethyl adjacent to an activating group) is 1. The van der Waals surface area contributed by atoms with Crippen molar-refractivity contribution >= 4 is 5.82 Å². The fourth-order valence-electron chi connectivity index (χ4n) is 1.84. The summed E-state index contributed by atoms with van der Waals surface area (Å²) in [6.07, 6.45) is 0. The van der Waals surface area contributed by atoms with Crippen LogP contribution in [0.5, 0.6) is 0 Å². The molecule has 0 aliphatic carbocycles. The van der Waals surface area contributed by atoms with Crippen LogP contribution < -0.4 is 21.0 Å². The molecular weight excluding hydrogens is 208 g/mol. The second-order valence-corrected chi connectivity index (χ2v) is 4.30. The van der Waals surface area contributed by atoms with Crippen molar-refractivity contribution < 1.29 is 4.90 Å². The van der Waals surface area contributed by atoms with Gasteiger partial charge in [-0.25, -0.2) is 4.79 Å². The van der Waals surface area contributed by atoms with Gasteiger partial charge in [0, 0.05) is 13.1 Å². The summed E-state index contributed by atoms with van der Waals surface area (Å²) in [5, 5.41) is 0. The van der Waals surface area contributed by atoms with E-state index < -0.39 is 0 Å². The zero-order chi connectivity index (χ0) is 11.7. The zero-order valence-corrected chi connectivity index (χ0v) is 9.62. The molecule has 88 valence electrons. The van der Waals surface area contributed by atoms with Crippen LogP contribution in [0.1, 0.15) is 0 Å². The van der Waals surface area contributed by atoms with Gasteiger partial charge in [-0.3, -0.25) is 14.3 Å². The Bertz CT molecular complexity index is 451. The summed E-state index contributed by atoms with van der Waals surface area (Å²) in [4.78, 5) is 29.2. The van der Waals surface area contributed by atoms with E-state index in [0.717, 1.165) is 30.7 Å². The minimum atomic E-state index is -0.353. The molecule has 6 heteroatoms. The number of rotatable bonds is 1. The minimum Gasteiger partial charge on any atom is -0.347 e. The number of hydrogen-bond donors (Lipinski definition) is 2. The fraction of sp³-hybridized carbons (Fsp3) is 0.600. The third-order valence-electron chi connectivity index (χ3n) is 3.09. The van der Waals surface area contributed by atoms with Gasteiger partial charge in [-0.2, -0.15) is 0 Å². The smallest absolute Gasteiger partial charge is 0.329 e. The van der Waals surface area contributed by atoms with E-state index in [1.54, 1.807) is 0 Å². The van der Waals surface area contributed by atoms with Crippen molar-refractivity contribution in [3.63, 3.8) is 0 Å². The maximum Gasteiger partial charge on any atom is 0.329 e. The number of anilines is 1. The number of hydrogen-bond acceptors (Lipinski definition) is 3. The van der Waals surface area contributed by atoms with Crippen LogP contribution in [-0.4, -0.2) is 42.8 Å². The molecule has 0 amide bonds. The van der Waals surface area contributed by atoms with Gasteiger partial charge in [0.2, 0.25) is 0 Å². The molecule has 2 N–H and O–H groups in total. The second-order valence-electron chi connectivity index (χ2n) is 4.30. The molecule has 1 aromatic rings. The molecule has 1 aliphatic heterocycles. The lowest BCUT2D eigenvalue weighted by Crippen LogP contribution is -3.12. The standard InChI is InChI=1S/C10H16N4O2/c1-12-3-5-14(6-4-12)8-7-9(15)13(2)10(16)11-8/h7H,3-6H2,1-2H3,(H,11,16)/p+1. The largest absolute Gasteiger partial charge is 0.347 e. The van der Waals surface area contributed by atoms with Gasteiger partial charge < -0.3 is 9.80 Å². The molecule has 0 radical (unpaired) electrons. The molecule has 0 spiro atoms. The van der Waals surface area contributed by atoms with E-state index in [2.05, 4.69) is 16.9 Å². The maximum atomic E-state index is 11.5. The number of nitrogens with one attached hydrogen (secondary N) is 2. The summed E-state index contributed by atoms with van der Waals surface area (Å²) in [5.74, 6) is 0.639. The van der Waals surface area contributed by atoms with Crippen molar-refractivity contribution in [2.75, 3.05) is 38.1 Å². The fourth-order valence-corrected chi connectivity index (χ4v) is 1.84. The van der Waals surface area contributed by atoms with Crippen molar-refractivity contribution in [2.24, 2.45) is 7.05 Å². The Morgan fingerprint density at radius 2 is 1.94 bits per heavy atom. The molecule has 0 bridgehead atoms. The summed E-state index contributed by atoms with van der Waals surface area (Å²) < 4.78 is 1.07. The van der Waals surface area contributed by atoms with E-state index in [0.29, 0.717) is 5.82 Å². The first-order chi connectivity index (χ1) is 7.58. The first-order valence-electron chi connectivity index (χ1n) is 5.44. The number of H-pyrrole nitrogens is 1. The Balaban J connectivity index is 2.28. The first-order valence-corrected chi connectivity index (χ1v) is 5.44. The normalized spacial score (nSPS) is 17.8. The molecule has 2 rings (SSSR count). The predicted octanol–water partition coefficient (Wildman–Crippen LogP) is -2.59. The topological polar surface area (TPSA) is 62.5 Å². The van der Waals surface area contributed by atoms with Gasteiger partial charge in [-0.1, -0.05) is 0 Å². The number of quaternary nitrogens is 1. The van der Waals surface area contributed by atoms with E-state index in [-0.39, 0.29) is 11.2 Å². The number of aromatic nitrogens is 2. The van der Waals surface area contributed by atoms with Gasteiger partial charge in [0.15, 0.2) is 0 Å². The van der Waals surface area contributed by atoms with Crippen molar-refractivity contribution in [3.8, 4) is 0 Å². The Morgan fingerprint density at radius 1 is 1.31 bits per heavy atom. The minimum absolute atomic E-state index is 0.259. The second kappa shape index (κ2) is 4.13. The average molecular weight is 225 g/mol. The number of aromatic amines is 1. The molecule has 1 aliphatic rings. The third kappa shape index (κ3) is 2.01. The zero-order valence-electron chi connectivity index (χ0n) is 9.62. The Labute approximate surface area is 93.1 Å². The van der Waals surface area contributed by atoms with Crippen LogP contribution in [0.4, 0.5) is 5.82 Å². The molecule has 1 saturated heterocycles. The molecule has 0 unspecified atom stereocenters. The van der Waals surface area contributed by atoms with E-state index in [1.807, 2.05) is 0 Å². The maximum absolute atomic E-state index is 11.5. The summed E-state index contributed by atoms with van der Waals surface area (Å²) in [6.45, 7) is 3.79. The lowest BCUT2D eigenvalue weighted by atomic mass is 10.3. The van der Waals surface area contributed by atoms with E-state index in [4.69, 9.17) is 0 Å². The molecule has 0 saturated carbocycles. The van der Waals surface area contributed by atoms with Crippen molar-refractivity contribution in [1.82, 2.24) is 9.55 Å². The van der Waals surface area contributed by atoms with Crippen LogP contribution in [0, 0.1) is 0 Å². The van der Waals surface area contributed by atoms with Gasteiger partial charge in [-0.05, 0) is 0 Å². The molecule has 2 heterocycles. The van der Waals surface area contributed by atoms with Gasteiger partial charge in [0.1, 0.15) is 5.82 Å². The highest BCUT2D eigenvalue weighted by Crippen LogP contribution is 2.04. The molecular formula is C10H17N4O2+. The molecule has 1 aromatic heterocycles. The summed E-state index contributed by atoms with van der Waals surface area (Å²) in [5.41, 5.74) is -0.612. The highest BCUT2D eigenvalue weighted by Gasteiger charge is 2.18. The van der Waals surface area contributed by atoms with Crippen molar-refractivity contribution in [1.29, 1.82) is 0 Å². The van der Waals surface area contributed by atoms with Crippen LogP contribution in [-0.2, 0) is 7.05 Å². The van der Waals surface area contributed by atoms with Crippen molar-refractivity contribution in [3.05, 3.63) is 26.9 Å². The van der Waals surface area contributed by atoms with Gasteiger partial charge in [-0.15, -0.1) is 0 Å². The number of piperazine rings is 1.